The fraction of sp³-hybridized carbons (Fsp3) is 0.250. The van der Waals surface area contributed by atoms with Crippen molar-refractivity contribution in [3.63, 3.8) is 0 Å². The van der Waals surface area contributed by atoms with Crippen molar-refractivity contribution < 1.29 is 4.79 Å². The summed E-state index contributed by atoms with van der Waals surface area (Å²) in [7, 11) is 0. The van der Waals surface area contributed by atoms with Crippen molar-refractivity contribution in [3.05, 3.63) is 35.1 Å². The summed E-state index contributed by atoms with van der Waals surface area (Å²) in [5.74, 6) is -0.222. The number of amides is 1. The zero-order chi connectivity index (χ0) is 13.4. The van der Waals surface area contributed by atoms with E-state index in [-0.39, 0.29) is 5.91 Å². The maximum absolute atomic E-state index is 11.8. The Morgan fingerprint density at radius 2 is 2.39 bits per heavy atom. The fourth-order valence-electron chi connectivity index (χ4n) is 1.11. The van der Waals surface area contributed by atoms with Gasteiger partial charge in [0, 0.05) is 19.0 Å². The van der Waals surface area contributed by atoms with E-state index in [1.807, 2.05) is 26.0 Å². The monoisotopic (exact) mass is 281 g/mol. The zero-order valence-electron chi connectivity index (χ0n) is 10.3. The maximum Gasteiger partial charge on any atom is 0.272 e. The second kappa shape index (κ2) is 7.84. The molecule has 0 spiro atoms. The Kier molecular flexibility index (Phi) is 6.38. The molecule has 0 aliphatic carbocycles. The van der Waals surface area contributed by atoms with Gasteiger partial charge >= 0.3 is 0 Å². The van der Waals surface area contributed by atoms with Gasteiger partial charge in [-0.05, 0) is 19.4 Å². The van der Waals surface area contributed by atoms with Gasteiger partial charge < -0.3 is 5.32 Å². The van der Waals surface area contributed by atoms with E-state index in [1.165, 1.54) is 11.3 Å². The molecule has 0 aromatic carbocycles. The van der Waals surface area contributed by atoms with Crippen LogP contribution in [0, 0.1) is 0 Å². The molecule has 6 heteroatoms. The van der Waals surface area contributed by atoms with Gasteiger partial charge in [0.1, 0.15) is 0 Å². The predicted molar refractivity (Wildman–Crippen MR) is 78.8 cm³/mol. The first-order valence-electron chi connectivity index (χ1n) is 5.39. The van der Waals surface area contributed by atoms with E-state index in [9.17, 15) is 4.79 Å². The van der Waals surface area contributed by atoms with Crippen LogP contribution in [0.4, 0.5) is 0 Å². The van der Waals surface area contributed by atoms with Gasteiger partial charge in [-0.2, -0.15) is 0 Å². The molecule has 1 N–H and O–H groups in total. The number of carbonyl (C=O) groups is 1. The highest BCUT2D eigenvalue weighted by atomic mass is 32.2. The highest BCUT2D eigenvalue weighted by Gasteiger charge is 2.11. The van der Waals surface area contributed by atoms with Crippen molar-refractivity contribution in [2.75, 3.05) is 6.54 Å². The Balaban J connectivity index is 2.54. The van der Waals surface area contributed by atoms with Crippen LogP contribution >= 0.6 is 24.0 Å². The van der Waals surface area contributed by atoms with Gasteiger partial charge in [-0.3, -0.25) is 9.79 Å². The molecule has 0 aliphatic rings. The number of hydrogen-bond acceptors (Lipinski definition) is 5. The van der Waals surface area contributed by atoms with Gasteiger partial charge in [-0.15, -0.1) is 24.0 Å². The molecular formula is C12H15N3OS2. The smallest absolute Gasteiger partial charge is 0.272 e. The molecule has 0 atom stereocenters. The normalized spacial score (nSPS) is 12.5. The third kappa shape index (κ3) is 4.46. The molecule has 1 rings (SSSR count). The molecule has 4 nitrogen and oxygen atoms in total. The lowest BCUT2D eigenvalue weighted by atomic mass is 10.2. The Morgan fingerprint density at radius 3 is 2.94 bits per heavy atom. The van der Waals surface area contributed by atoms with Crippen LogP contribution in [-0.4, -0.2) is 23.7 Å². The van der Waals surface area contributed by atoms with E-state index in [0.29, 0.717) is 16.4 Å². The molecule has 96 valence electrons. The summed E-state index contributed by atoms with van der Waals surface area (Å²) in [6, 6.07) is 0. The predicted octanol–water partition coefficient (Wildman–Crippen LogP) is 2.71. The highest BCUT2D eigenvalue weighted by molar-refractivity contribution is 7.82. The van der Waals surface area contributed by atoms with Crippen LogP contribution in [0.25, 0.3) is 0 Å². The third-order valence-corrected chi connectivity index (χ3v) is 3.22. The van der Waals surface area contributed by atoms with E-state index in [0.717, 1.165) is 5.57 Å². The van der Waals surface area contributed by atoms with Crippen LogP contribution < -0.4 is 5.32 Å². The van der Waals surface area contributed by atoms with Gasteiger partial charge in [0.2, 0.25) is 0 Å². The summed E-state index contributed by atoms with van der Waals surface area (Å²) in [4.78, 5) is 19.8. The van der Waals surface area contributed by atoms with Crippen molar-refractivity contribution >= 4 is 36.1 Å². The number of nitrogens with one attached hydrogen (secondary N) is 1. The molecule has 0 unspecified atom stereocenters. The second-order valence-corrected chi connectivity index (χ2v) is 4.92. The fourth-order valence-corrected chi connectivity index (χ4v) is 1.92. The lowest BCUT2D eigenvalue weighted by Crippen LogP contribution is -2.26. The summed E-state index contributed by atoms with van der Waals surface area (Å²) in [5.41, 5.74) is 2.89. The Hall–Kier alpha value is -1.40. The summed E-state index contributed by atoms with van der Waals surface area (Å²) < 4.78 is 0.622. The minimum Gasteiger partial charge on any atom is -0.347 e. The minimum atomic E-state index is -0.222. The molecule has 0 saturated carbocycles. The van der Waals surface area contributed by atoms with Crippen molar-refractivity contribution in [2.24, 2.45) is 4.99 Å². The Morgan fingerprint density at radius 1 is 1.61 bits per heavy atom. The first-order chi connectivity index (χ1) is 8.69. The molecule has 1 heterocycles. The average molecular weight is 281 g/mol. The second-order valence-electron chi connectivity index (χ2n) is 3.31. The molecule has 0 saturated heterocycles. The number of aromatic nitrogens is 1. The standard InChI is InChI=1S/C12H15N3OS2/c1-3-5-13-6-9(4-2)7-14-11(16)10-12(17)18-8-15-10/h3-6,8,17H,7H2,1-2H3,(H,14,16)/b5-3-,9-4+,13-6-. The van der Waals surface area contributed by atoms with Crippen LogP contribution in [-0.2, 0) is 0 Å². The summed E-state index contributed by atoms with van der Waals surface area (Å²) in [5, 5.41) is 2.78. The Bertz CT molecular complexity index is 489. The molecule has 0 aliphatic heterocycles. The first kappa shape index (κ1) is 14.7. The van der Waals surface area contributed by atoms with Gasteiger partial charge in [-0.1, -0.05) is 12.2 Å². The molecule has 1 aromatic rings. The molecule has 0 bridgehead atoms. The van der Waals surface area contributed by atoms with Crippen LogP contribution in [0.2, 0.25) is 0 Å². The number of allylic oxidation sites excluding steroid dienone is 2. The van der Waals surface area contributed by atoms with Crippen LogP contribution in [0.1, 0.15) is 24.3 Å². The first-order valence-corrected chi connectivity index (χ1v) is 6.72. The largest absolute Gasteiger partial charge is 0.347 e. The van der Waals surface area contributed by atoms with Crippen LogP contribution in [0.15, 0.2) is 38.6 Å². The third-order valence-electron chi connectivity index (χ3n) is 2.06. The van der Waals surface area contributed by atoms with E-state index in [1.54, 1.807) is 17.9 Å². The number of aliphatic imine (C=N–C) groups is 1. The van der Waals surface area contributed by atoms with E-state index in [4.69, 9.17) is 0 Å². The number of carbonyl (C=O) groups excluding carboxylic acids is 1. The molecule has 18 heavy (non-hydrogen) atoms. The summed E-state index contributed by atoms with van der Waals surface area (Å²) in [6.45, 7) is 4.21. The number of thiol groups is 1. The Labute approximate surface area is 116 Å². The van der Waals surface area contributed by atoms with Crippen molar-refractivity contribution in [1.29, 1.82) is 0 Å². The maximum atomic E-state index is 11.8. The quantitative estimate of drug-likeness (QED) is 0.644. The van der Waals surface area contributed by atoms with E-state index in [2.05, 4.69) is 27.9 Å². The average Bonchev–Trinajstić information content (AvgIpc) is 2.79. The van der Waals surface area contributed by atoms with E-state index < -0.39 is 0 Å². The molecular weight excluding hydrogens is 266 g/mol. The van der Waals surface area contributed by atoms with Gasteiger partial charge in [0.25, 0.3) is 5.91 Å². The minimum absolute atomic E-state index is 0.222. The number of hydrogen-bond donors (Lipinski definition) is 2. The number of nitrogens with zero attached hydrogens (tertiary/aromatic N) is 2. The van der Waals surface area contributed by atoms with Gasteiger partial charge in [0.15, 0.2) is 5.69 Å². The zero-order valence-corrected chi connectivity index (χ0v) is 12.0. The van der Waals surface area contributed by atoms with Crippen molar-refractivity contribution in [2.45, 2.75) is 18.1 Å². The number of rotatable bonds is 5. The van der Waals surface area contributed by atoms with E-state index >= 15 is 0 Å². The van der Waals surface area contributed by atoms with Gasteiger partial charge in [0.05, 0.1) is 9.72 Å². The SMILES string of the molecule is C\C=C/N=C\C(=C/C)CNC(=O)c1ncsc1S. The molecule has 1 aromatic heterocycles. The van der Waals surface area contributed by atoms with Gasteiger partial charge in [-0.25, -0.2) is 4.98 Å². The van der Waals surface area contributed by atoms with Crippen LogP contribution in [0.3, 0.4) is 0 Å². The lowest BCUT2D eigenvalue weighted by molar-refractivity contribution is 0.0950. The number of thiazole rings is 1. The van der Waals surface area contributed by atoms with Crippen LogP contribution in [0.5, 0.6) is 0 Å². The molecule has 0 fully saturated rings. The van der Waals surface area contributed by atoms with Crippen molar-refractivity contribution in [1.82, 2.24) is 10.3 Å². The summed E-state index contributed by atoms with van der Waals surface area (Å²) in [6.07, 6.45) is 7.14. The molecule has 1 amide bonds. The molecule has 0 radical (unpaired) electrons. The van der Waals surface area contributed by atoms with Crippen molar-refractivity contribution in [3.8, 4) is 0 Å². The lowest BCUT2D eigenvalue weighted by Gasteiger charge is -2.03. The summed E-state index contributed by atoms with van der Waals surface area (Å²) >= 11 is 5.50. The highest BCUT2D eigenvalue weighted by Crippen LogP contribution is 2.17. The topological polar surface area (TPSA) is 54.4 Å².